The zero-order valence-electron chi connectivity index (χ0n) is 17.9. The molecule has 1 spiro atoms. The second-order valence-electron chi connectivity index (χ2n) is 9.05. The highest BCUT2D eigenvalue weighted by Crippen LogP contribution is 2.42. The van der Waals surface area contributed by atoms with Crippen LogP contribution in [0.25, 0.3) is 16.7 Å². The van der Waals surface area contributed by atoms with Gasteiger partial charge in [0.05, 0.1) is 34.5 Å². The first-order chi connectivity index (χ1) is 14.9. The number of rotatable bonds is 5. The van der Waals surface area contributed by atoms with Crippen LogP contribution in [0.1, 0.15) is 56.7 Å². The van der Waals surface area contributed by atoms with E-state index in [2.05, 4.69) is 22.0 Å². The third-order valence-electron chi connectivity index (χ3n) is 6.93. The summed E-state index contributed by atoms with van der Waals surface area (Å²) in [6, 6.07) is 0.0940. The predicted octanol–water partition coefficient (Wildman–Crippen LogP) is 2.58. The number of fused-ring (bicyclic) bond motifs is 1. The smallest absolute Gasteiger partial charge is 0.306 e. The highest BCUT2D eigenvalue weighted by molar-refractivity contribution is 5.98. The van der Waals surface area contributed by atoms with E-state index in [0.717, 1.165) is 65.9 Å². The summed E-state index contributed by atoms with van der Waals surface area (Å²) < 4.78 is 1.89. The SMILES string of the molecule is CCn1nc(C)c2c(NC3CC(C(=O)O)C3)c(C3=CC4(CCC(O)CC4)ON3)cnc21. The van der Waals surface area contributed by atoms with Gasteiger partial charge in [-0.05, 0) is 58.4 Å². The van der Waals surface area contributed by atoms with E-state index in [4.69, 9.17) is 9.82 Å². The molecule has 4 N–H and O–H groups in total. The molecule has 2 aliphatic carbocycles. The number of aliphatic hydroxyl groups is 1. The first-order valence-corrected chi connectivity index (χ1v) is 11.1. The van der Waals surface area contributed by atoms with Crippen molar-refractivity contribution < 1.29 is 19.8 Å². The lowest BCUT2D eigenvalue weighted by atomic mass is 9.80. The Kier molecular flexibility index (Phi) is 4.90. The van der Waals surface area contributed by atoms with E-state index in [-0.39, 0.29) is 18.1 Å². The fraction of sp³-hybridized carbons (Fsp3) is 0.591. The second-order valence-corrected chi connectivity index (χ2v) is 9.05. The van der Waals surface area contributed by atoms with Crippen LogP contribution in [-0.4, -0.2) is 48.7 Å². The largest absolute Gasteiger partial charge is 0.481 e. The van der Waals surface area contributed by atoms with Crippen molar-refractivity contribution in [3.05, 3.63) is 23.5 Å². The first-order valence-electron chi connectivity index (χ1n) is 11.1. The van der Waals surface area contributed by atoms with Gasteiger partial charge in [-0.15, -0.1) is 0 Å². The van der Waals surface area contributed by atoms with Gasteiger partial charge in [-0.2, -0.15) is 5.10 Å². The molecule has 0 amide bonds. The maximum atomic E-state index is 11.3. The van der Waals surface area contributed by atoms with Crippen molar-refractivity contribution in [2.75, 3.05) is 5.32 Å². The Balaban J connectivity index is 1.53. The number of anilines is 1. The third kappa shape index (κ3) is 3.45. The molecular formula is C22H29N5O4. The zero-order chi connectivity index (χ0) is 21.8. The Hall–Kier alpha value is -2.65. The number of nitrogens with zero attached hydrogens (tertiary/aromatic N) is 3. The molecule has 9 heteroatoms. The fourth-order valence-corrected chi connectivity index (χ4v) is 4.98. The number of carboxylic acid groups (broad SMARTS) is 1. The van der Waals surface area contributed by atoms with E-state index in [0.29, 0.717) is 12.8 Å². The predicted molar refractivity (Wildman–Crippen MR) is 115 cm³/mol. The number of carbonyl (C=O) groups is 1. The van der Waals surface area contributed by atoms with Crippen molar-refractivity contribution in [1.82, 2.24) is 20.2 Å². The molecule has 5 rings (SSSR count). The highest BCUT2D eigenvalue weighted by atomic mass is 16.7. The monoisotopic (exact) mass is 427 g/mol. The van der Waals surface area contributed by atoms with Gasteiger partial charge >= 0.3 is 5.97 Å². The van der Waals surface area contributed by atoms with E-state index in [1.807, 2.05) is 24.7 Å². The Morgan fingerprint density at radius 1 is 1.39 bits per heavy atom. The third-order valence-corrected chi connectivity index (χ3v) is 6.93. The Morgan fingerprint density at radius 3 is 2.81 bits per heavy atom. The topological polar surface area (TPSA) is 122 Å². The van der Waals surface area contributed by atoms with Gasteiger partial charge in [0.15, 0.2) is 5.65 Å². The van der Waals surface area contributed by atoms with Gasteiger partial charge < -0.3 is 15.5 Å². The number of aromatic nitrogens is 3. The first kappa shape index (κ1) is 20.3. The van der Waals surface area contributed by atoms with Gasteiger partial charge in [0, 0.05) is 24.3 Å². The number of aryl methyl sites for hydroxylation is 2. The summed E-state index contributed by atoms with van der Waals surface area (Å²) in [5, 5.41) is 28.3. The lowest BCUT2D eigenvalue weighted by molar-refractivity contribution is -0.144. The summed E-state index contributed by atoms with van der Waals surface area (Å²) >= 11 is 0. The number of hydrogen-bond acceptors (Lipinski definition) is 7. The van der Waals surface area contributed by atoms with E-state index < -0.39 is 11.6 Å². The lowest BCUT2D eigenvalue weighted by Gasteiger charge is -2.34. The average molecular weight is 428 g/mol. The summed E-state index contributed by atoms with van der Waals surface area (Å²) in [7, 11) is 0. The van der Waals surface area contributed by atoms with Crippen LogP contribution in [0.3, 0.4) is 0 Å². The molecule has 9 nitrogen and oxygen atoms in total. The second kappa shape index (κ2) is 7.49. The number of aliphatic carboxylic acids is 1. The van der Waals surface area contributed by atoms with Crippen molar-refractivity contribution >= 4 is 28.4 Å². The molecule has 0 atom stereocenters. The number of hydrogen-bond donors (Lipinski definition) is 4. The Morgan fingerprint density at radius 2 is 2.13 bits per heavy atom. The van der Waals surface area contributed by atoms with E-state index in [1.54, 1.807) is 0 Å². The minimum absolute atomic E-state index is 0.0940. The van der Waals surface area contributed by atoms with Gasteiger partial charge in [0.25, 0.3) is 0 Å². The van der Waals surface area contributed by atoms with Gasteiger partial charge in [-0.1, -0.05) is 0 Å². The van der Waals surface area contributed by atoms with Gasteiger partial charge in [0.2, 0.25) is 0 Å². The average Bonchev–Trinajstić information content (AvgIpc) is 3.28. The van der Waals surface area contributed by atoms with Crippen LogP contribution in [0.2, 0.25) is 0 Å². The molecule has 31 heavy (non-hydrogen) atoms. The number of hydroxylamine groups is 1. The normalized spacial score (nSPS) is 30.2. The van der Waals surface area contributed by atoms with Crippen LogP contribution in [0.15, 0.2) is 12.3 Å². The van der Waals surface area contributed by atoms with Crippen LogP contribution in [0.4, 0.5) is 5.69 Å². The van der Waals surface area contributed by atoms with E-state index in [9.17, 15) is 15.0 Å². The molecule has 2 aromatic heterocycles. The number of pyridine rings is 1. The van der Waals surface area contributed by atoms with E-state index >= 15 is 0 Å². The van der Waals surface area contributed by atoms with Crippen LogP contribution in [0.5, 0.6) is 0 Å². The molecule has 0 aromatic carbocycles. The molecule has 3 heterocycles. The van der Waals surface area contributed by atoms with Gasteiger partial charge in [0.1, 0.15) is 5.60 Å². The van der Waals surface area contributed by atoms with Crippen molar-refractivity contribution in [3.8, 4) is 0 Å². The number of carboxylic acids is 1. The van der Waals surface area contributed by atoms with Crippen molar-refractivity contribution in [3.63, 3.8) is 0 Å². The number of nitrogens with one attached hydrogen (secondary N) is 2. The molecule has 0 radical (unpaired) electrons. The van der Waals surface area contributed by atoms with E-state index in [1.165, 1.54) is 0 Å². The molecule has 166 valence electrons. The molecule has 0 unspecified atom stereocenters. The van der Waals surface area contributed by atoms with Crippen LogP contribution in [0, 0.1) is 12.8 Å². The summed E-state index contributed by atoms with van der Waals surface area (Å²) in [6.45, 7) is 4.73. The summed E-state index contributed by atoms with van der Waals surface area (Å²) in [6.07, 6.45) is 7.86. The van der Waals surface area contributed by atoms with Crippen LogP contribution in [-0.2, 0) is 16.2 Å². The van der Waals surface area contributed by atoms with Gasteiger partial charge in [-0.3, -0.25) is 15.1 Å². The standard InChI is InChI=1S/C22H29N5O4/c1-3-27-20-18(12(2)25-27)19(24-14-8-13(9-14)21(29)30)16(11-23-20)17-10-22(31-26-17)6-4-15(28)5-7-22/h10-11,13-15,26,28H,3-9H2,1-2H3,(H,23,24)(H,29,30). The molecule has 2 fully saturated rings. The van der Waals surface area contributed by atoms with Crippen molar-refractivity contribution in [2.45, 2.75) is 76.7 Å². The maximum absolute atomic E-state index is 11.3. The maximum Gasteiger partial charge on any atom is 0.306 e. The van der Waals surface area contributed by atoms with Gasteiger partial charge in [-0.25, -0.2) is 9.67 Å². The summed E-state index contributed by atoms with van der Waals surface area (Å²) in [4.78, 5) is 22.0. The molecule has 2 aromatic rings. The van der Waals surface area contributed by atoms with Crippen molar-refractivity contribution in [2.24, 2.45) is 5.92 Å². The summed E-state index contributed by atoms with van der Waals surface area (Å²) in [5.74, 6) is -1.02. The summed E-state index contributed by atoms with van der Waals surface area (Å²) in [5.41, 5.74) is 7.07. The molecule has 0 saturated heterocycles. The molecule has 0 bridgehead atoms. The molecular weight excluding hydrogens is 398 g/mol. The lowest BCUT2D eigenvalue weighted by Crippen LogP contribution is -2.39. The zero-order valence-corrected chi connectivity index (χ0v) is 17.9. The molecule has 2 saturated carbocycles. The Labute approximate surface area is 180 Å². The van der Waals surface area contributed by atoms with Crippen LogP contribution < -0.4 is 10.8 Å². The molecule has 3 aliphatic rings. The number of aliphatic hydroxyl groups excluding tert-OH is 1. The highest BCUT2D eigenvalue weighted by Gasteiger charge is 2.40. The van der Waals surface area contributed by atoms with Crippen LogP contribution >= 0.6 is 0 Å². The fourth-order valence-electron chi connectivity index (χ4n) is 4.98. The Bertz CT molecular complexity index is 1050. The quantitative estimate of drug-likeness (QED) is 0.574. The van der Waals surface area contributed by atoms with Crippen molar-refractivity contribution in [1.29, 1.82) is 0 Å². The minimum atomic E-state index is -0.733. The molecule has 1 aliphatic heterocycles. The minimum Gasteiger partial charge on any atom is -0.481 e.